The summed E-state index contributed by atoms with van der Waals surface area (Å²) in [7, 11) is 0. The third-order valence-electron chi connectivity index (χ3n) is 4.67. The first-order valence-corrected chi connectivity index (χ1v) is 9.92. The van der Waals surface area contributed by atoms with Gasteiger partial charge in [-0.05, 0) is 25.5 Å². The van der Waals surface area contributed by atoms with E-state index in [1.54, 1.807) is 11.8 Å². The summed E-state index contributed by atoms with van der Waals surface area (Å²) in [4.78, 5) is 12.8. The van der Waals surface area contributed by atoms with Crippen molar-refractivity contribution >= 4 is 29.0 Å². The van der Waals surface area contributed by atoms with Gasteiger partial charge >= 0.3 is 0 Å². The van der Waals surface area contributed by atoms with Gasteiger partial charge in [-0.15, -0.1) is 11.8 Å². The van der Waals surface area contributed by atoms with Gasteiger partial charge in [0.05, 0.1) is 22.9 Å². The summed E-state index contributed by atoms with van der Waals surface area (Å²) in [6.45, 7) is 4.75. The molecule has 2 aliphatic heterocycles. The maximum atomic E-state index is 12.8. The van der Waals surface area contributed by atoms with Gasteiger partial charge in [-0.25, -0.2) is 5.43 Å². The molecule has 138 valence electrons. The SMILES string of the molecule is Cc1ccc(C(=O)C2=NNCC2SC2C=C(c3ccc(C)cc3)NN2)cc1. The molecule has 0 amide bonds. The number of rotatable bonds is 5. The largest absolute Gasteiger partial charge is 0.320 e. The molecule has 2 atom stereocenters. The lowest BCUT2D eigenvalue weighted by Gasteiger charge is -2.15. The Hall–Kier alpha value is -2.57. The number of hydrazine groups is 1. The van der Waals surface area contributed by atoms with E-state index in [0.717, 1.165) is 16.8 Å². The van der Waals surface area contributed by atoms with Gasteiger partial charge in [-0.2, -0.15) is 5.10 Å². The van der Waals surface area contributed by atoms with E-state index in [2.05, 4.69) is 58.6 Å². The van der Waals surface area contributed by atoms with E-state index < -0.39 is 0 Å². The van der Waals surface area contributed by atoms with Gasteiger partial charge in [0.25, 0.3) is 0 Å². The quantitative estimate of drug-likeness (QED) is 0.698. The summed E-state index contributed by atoms with van der Waals surface area (Å²) >= 11 is 1.69. The lowest BCUT2D eigenvalue weighted by atomic mass is 10.0. The van der Waals surface area contributed by atoms with Crippen LogP contribution in [0.25, 0.3) is 5.70 Å². The Balaban J connectivity index is 1.45. The second kappa shape index (κ2) is 7.58. The number of nitrogens with one attached hydrogen (secondary N) is 3. The normalized spacial score (nSPS) is 21.3. The van der Waals surface area contributed by atoms with Crippen molar-refractivity contribution < 1.29 is 4.79 Å². The van der Waals surface area contributed by atoms with Gasteiger partial charge in [-0.1, -0.05) is 59.7 Å². The van der Waals surface area contributed by atoms with Gasteiger partial charge < -0.3 is 10.9 Å². The van der Waals surface area contributed by atoms with Crippen molar-refractivity contribution in [1.29, 1.82) is 0 Å². The van der Waals surface area contributed by atoms with Crippen molar-refractivity contribution in [1.82, 2.24) is 16.3 Å². The number of carbonyl (C=O) groups excluding carboxylic acids is 1. The molecule has 0 aliphatic carbocycles. The zero-order valence-electron chi connectivity index (χ0n) is 15.3. The molecule has 0 radical (unpaired) electrons. The molecule has 3 N–H and O–H groups in total. The first-order valence-electron chi connectivity index (χ1n) is 8.98. The van der Waals surface area contributed by atoms with Crippen LogP contribution < -0.4 is 16.3 Å². The Bertz CT molecular complexity index is 903. The zero-order chi connectivity index (χ0) is 18.8. The minimum atomic E-state index is -0.00815. The molecule has 2 aromatic rings. The van der Waals surface area contributed by atoms with Crippen molar-refractivity contribution in [3.63, 3.8) is 0 Å². The standard InChI is InChI=1S/C21H22N4OS/c1-13-3-7-15(8-4-13)17-11-19(24-23-17)27-18-12-22-25-20(18)21(26)16-9-5-14(2)6-10-16/h3-11,18-19,22-24H,12H2,1-2H3. The van der Waals surface area contributed by atoms with Gasteiger partial charge in [0, 0.05) is 5.56 Å². The number of hydrazone groups is 1. The van der Waals surface area contributed by atoms with Crippen LogP contribution in [0.2, 0.25) is 0 Å². The van der Waals surface area contributed by atoms with E-state index in [9.17, 15) is 4.79 Å². The molecular formula is C21H22N4OS. The molecule has 5 nitrogen and oxygen atoms in total. The van der Waals surface area contributed by atoms with Crippen molar-refractivity contribution in [3.8, 4) is 0 Å². The van der Waals surface area contributed by atoms with E-state index in [4.69, 9.17) is 0 Å². The van der Waals surface area contributed by atoms with Crippen molar-refractivity contribution in [3.05, 3.63) is 76.9 Å². The van der Waals surface area contributed by atoms with Crippen LogP contribution in [-0.2, 0) is 0 Å². The maximum absolute atomic E-state index is 12.8. The molecule has 2 aromatic carbocycles. The fourth-order valence-electron chi connectivity index (χ4n) is 3.08. The minimum absolute atomic E-state index is 0.00622. The smallest absolute Gasteiger partial charge is 0.210 e. The number of thioether (sulfide) groups is 1. The van der Waals surface area contributed by atoms with E-state index in [-0.39, 0.29) is 16.4 Å². The number of ketones is 1. The maximum Gasteiger partial charge on any atom is 0.210 e. The number of benzene rings is 2. The summed E-state index contributed by atoms with van der Waals surface area (Å²) in [6.07, 6.45) is 2.15. The number of Topliss-reactive ketones (excluding diaryl/α,β-unsaturated/α-hetero) is 1. The Morgan fingerprint density at radius 2 is 1.70 bits per heavy atom. The van der Waals surface area contributed by atoms with Gasteiger partial charge in [0.1, 0.15) is 5.71 Å². The van der Waals surface area contributed by atoms with E-state index in [0.29, 0.717) is 17.8 Å². The fraction of sp³-hybridized carbons (Fsp3) is 0.238. The second-order valence-corrected chi connectivity index (χ2v) is 8.16. The topological polar surface area (TPSA) is 65.5 Å². The van der Waals surface area contributed by atoms with Crippen LogP contribution in [0.4, 0.5) is 0 Å². The lowest BCUT2D eigenvalue weighted by Crippen LogP contribution is -2.34. The highest BCUT2D eigenvalue weighted by Gasteiger charge is 2.31. The monoisotopic (exact) mass is 378 g/mol. The number of carbonyl (C=O) groups is 1. The molecule has 0 saturated heterocycles. The van der Waals surface area contributed by atoms with Crippen molar-refractivity contribution in [2.45, 2.75) is 24.5 Å². The highest BCUT2D eigenvalue weighted by Crippen LogP contribution is 2.27. The Morgan fingerprint density at radius 3 is 2.41 bits per heavy atom. The molecular weight excluding hydrogens is 356 g/mol. The predicted octanol–water partition coefficient (Wildman–Crippen LogP) is 3.02. The lowest BCUT2D eigenvalue weighted by molar-refractivity contribution is 0.106. The van der Waals surface area contributed by atoms with Gasteiger partial charge in [0.2, 0.25) is 5.78 Å². The Labute approximate surface area is 163 Å². The van der Waals surface area contributed by atoms with Crippen LogP contribution in [0.1, 0.15) is 27.0 Å². The molecule has 2 unspecified atom stereocenters. The van der Waals surface area contributed by atoms with Crippen LogP contribution in [0.5, 0.6) is 0 Å². The van der Waals surface area contributed by atoms with Crippen molar-refractivity contribution in [2.75, 3.05) is 6.54 Å². The third-order valence-corrected chi connectivity index (χ3v) is 5.93. The molecule has 2 aliphatic rings. The average molecular weight is 379 g/mol. The molecule has 4 rings (SSSR count). The first kappa shape index (κ1) is 17.8. The molecule has 0 aromatic heterocycles. The molecule has 2 heterocycles. The number of hydrogen-bond acceptors (Lipinski definition) is 6. The number of hydrogen-bond donors (Lipinski definition) is 3. The summed E-state index contributed by atoms with van der Waals surface area (Å²) in [5.74, 6) is -0.00815. The van der Waals surface area contributed by atoms with Crippen molar-refractivity contribution in [2.24, 2.45) is 5.10 Å². The number of nitrogens with zero attached hydrogens (tertiary/aromatic N) is 1. The first-order chi connectivity index (χ1) is 13.1. The van der Waals surface area contributed by atoms with Crippen LogP contribution in [0, 0.1) is 13.8 Å². The fourth-order valence-corrected chi connectivity index (χ4v) is 4.24. The van der Waals surface area contributed by atoms with Crippen LogP contribution in [0.3, 0.4) is 0 Å². The molecule has 0 spiro atoms. The highest BCUT2D eigenvalue weighted by atomic mass is 32.2. The molecule has 0 saturated carbocycles. The van der Waals surface area contributed by atoms with Crippen LogP contribution in [0.15, 0.2) is 59.7 Å². The van der Waals surface area contributed by atoms with E-state index in [1.165, 1.54) is 5.56 Å². The Morgan fingerprint density at radius 1 is 1.04 bits per heavy atom. The minimum Gasteiger partial charge on any atom is -0.320 e. The van der Waals surface area contributed by atoms with E-state index >= 15 is 0 Å². The molecule has 27 heavy (non-hydrogen) atoms. The zero-order valence-corrected chi connectivity index (χ0v) is 16.1. The summed E-state index contributed by atoms with van der Waals surface area (Å²) in [5.41, 5.74) is 15.4. The molecule has 0 bridgehead atoms. The highest BCUT2D eigenvalue weighted by molar-refractivity contribution is 8.01. The summed E-state index contributed by atoms with van der Waals surface area (Å²) in [5, 5.41) is 4.35. The van der Waals surface area contributed by atoms with Gasteiger partial charge in [-0.3, -0.25) is 4.79 Å². The average Bonchev–Trinajstić information content (AvgIpc) is 3.32. The van der Waals surface area contributed by atoms with Crippen LogP contribution in [-0.4, -0.2) is 28.7 Å². The summed E-state index contributed by atoms with van der Waals surface area (Å²) < 4.78 is 0. The number of aryl methyl sites for hydroxylation is 2. The predicted molar refractivity (Wildman–Crippen MR) is 112 cm³/mol. The molecule has 0 fully saturated rings. The van der Waals surface area contributed by atoms with Gasteiger partial charge in [0.15, 0.2) is 0 Å². The second-order valence-electron chi connectivity index (χ2n) is 6.82. The Kier molecular flexibility index (Phi) is 5.01. The van der Waals surface area contributed by atoms with Crippen LogP contribution >= 0.6 is 11.8 Å². The summed E-state index contributed by atoms with van der Waals surface area (Å²) in [6, 6.07) is 16.1. The third kappa shape index (κ3) is 3.91. The molecule has 6 heteroatoms. The van der Waals surface area contributed by atoms with E-state index in [1.807, 2.05) is 31.2 Å².